The highest BCUT2D eigenvalue weighted by Crippen LogP contribution is 2.45. The van der Waals surface area contributed by atoms with E-state index in [2.05, 4.69) is 4.90 Å². The normalized spacial score (nSPS) is 18.2. The number of hydrogen-bond donors (Lipinski definition) is 0. The first kappa shape index (κ1) is 20.7. The quantitative estimate of drug-likeness (QED) is 0.542. The Balaban J connectivity index is 1.91. The van der Waals surface area contributed by atoms with E-state index in [1.54, 1.807) is 28.4 Å². The molecule has 0 aromatic heterocycles. The lowest BCUT2D eigenvalue weighted by Gasteiger charge is -2.37. The Hall–Kier alpha value is -3.15. The Labute approximate surface area is 188 Å². The summed E-state index contributed by atoms with van der Waals surface area (Å²) in [6, 6.07) is 8.17. The Morgan fingerprint density at radius 1 is 0.719 bits per heavy atom. The summed E-state index contributed by atoms with van der Waals surface area (Å²) in [7, 11) is 6.53. The summed E-state index contributed by atoms with van der Waals surface area (Å²) in [5.74, 6) is 2.69. The molecular weight excluding hydrogens is 406 g/mol. The van der Waals surface area contributed by atoms with Gasteiger partial charge >= 0.3 is 0 Å². The van der Waals surface area contributed by atoms with Gasteiger partial charge in [0, 0.05) is 12.6 Å². The first-order chi connectivity index (χ1) is 15.6. The number of rotatable bonds is 4. The standard InChI is InChI=1S/C26H29NO5/c1-29-21-11-16-17(12-22(21)30-2)19-10-15-8-6-5-7-9-27(15)26(28)25(19)20-14-24(32-4)23(31-3)13-18(16)20/h11-15H,5-10H2,1-4H3. The Bertz CT molecular complexity index is 1220. The second-order valence-corrected chi connectivity index (χ2v) is 8.56. The number of fused-ring (bicyclic) bond motifs is 7. The van der Waals surface area contributed by atoms with Crippen LogP contribution in [0.15, 0.2) is 24.3 Å². The van der Waals surface area contributed by atoms with Gasteiger partial charge in [0.15, 0.2) is 23.0 Å². The van der Waals surface area contributed by atoms with E-state index in [9.17, 15) is 4.79 Å². The van der Waals surface area contributed by atoms with Gasteiger partial charge in [-0.25, -0.2) is 0 Å². The topological polar surface area (TPSA) is 57.2 Å². The molecule has 5 rings (SSSR count). The molecule has 2 heterocycles. The zero-order chi connectivity index (χ0) is 22.4. The third-order valence-electron chi connectivity index (χ3n) is 7.03. The maximum absolute atomic E-state index is 13.9. The highest BCUT2D eigenvalue weighted by molar-refractivity contribution is 6.20. The van der Waals surface area contributed by atoms with Crippen molar-refractivity contribution in [3.05, 3.63) is 35.4 Å². The highest BCUT2D eigenvalue weighted by atomic mass is 16.5. The molecular formula is C26H29NO5. The summed E-state index contributed by atoms with van der Waals surface area (Å²) in [4.78, 5) is 16.0. The zero-order valence-corrected chi connectivity index (χ0v) is 19.1. The number of ether oxygens (including phenoxy) is 4. The van der Waals surface area contributed by atoms with Crippen molar-refractivity contribution in [1.29, 1.82) is 0 Å². The first-order valence-corrected chi connectivity index (χ1v) is 11.2. The van der Waals surface area contributed by atoms with E-state index in [0.717, 1.165) is 64.9 Å². The molecule has 1 unspecified atom stereocenters. The van der Waals surface area contributed by atoms with Crippen LogP contribution >= 0.6 is 0 Å². The minimum atomic E-state index is 0.118. The van der Waals surface area contributed by atoms with Crippen molar-refractivity contribution in [3.63, 3.8) is 0 Å². The van der Waals surface area contributed by atoms with Gasteiger partial charge in [0.05, 0.1) is 34.0 Å². The molecule has 0 N–H and O–H groups in total. The number of methoxy groups -OCH3 is 4. The fourth-order valence-corrected chi connectivity index (χ4v) is 5.45. The summed E-state index contributed by atoms with van der Waals surface area (Å²) >= 11 is 0. The van der Waals surface area contributed by atoms with Gasteiger partial charge in [-0.2, -0.15) is 0 Å². The molecule has 1 amide bonds. The minimum absolute atomic E-state index is 0.118. The van der Waals surface area contributed by atoms with Crippen LogP contribution in [0.2, 0.25) is 0 Å². The molecule has 32 heavy (non-hydrogen) atoms. The second-order valence-electron chi connectivity index (χ2n) is 8.56. The summed E-state index contributed by atoms with van der Waals surface area (Å²) in [6.07, 6.45) is 5.29. The number of carbonyl (C=O) groups excluding carboxylic acids is 1. The number of carbonyl (C=O) groups is 1. The molecule has 6 heteroatoms. The predicted molar refractivity (Wildman–Crippen MR) is 125 cm³/mol. The van der Waals surface area contributed by atoms with Crippen LogP contribution in [0.1, 0.15) is 41.6 Å². The monoisotopic (exact) mass is 435 g/mol. The van der Waals surface area contributed by atoms with Crippen molar-refractivity contribution in [2.24, 2.45) is 0 Å². The number of nitrogens with zero attached hydrogens (tertiary/aromatic N) is 1. The predicted octanol–water partition coefficient (Wildman–Crippen LogP) is 4.97. The van der Waals surface area contributed by atoms with Gasteiger partial charge in [-0.05, 0) is 70.6 Å². The van der Waals surface area contributed by atoms with Crippen molar-refractivity contribution in [3.8, 4) is 23.0 Å². The van der Waals surface area contributed by atoms with E-state index in [4.69, 9.17) is 18.9 Å². The fourth-order valence-electron chi connectivity index (χ4n) is 5.45. The lowest BCUT2D eigenvalue weighted by Crippen LogP contribution is -2.45. The van der Waals surface area contributed by atoms with Crippen LogP contribution in [0, 0.1) is 0 Å². The van der Waals surface area contributed by atoms with E-state index >= 15 is 0 Å². The molecule has 3 aromatic rings. The maximum Gasteiger partial charge on any atom is 0.255 e. The van der Waals surface area contributed by atoms with Gasteiger partial charge in [0.2, 0.25) is 0 Å². The van der Waals surface area contributed by atoms with E-state index < -0.39 is 0 Å². The average Bonchev–Trinajstić information content (AvgIpc) is 3.08. The number of benzene rings is 3. The van der Waals surface area contributed by atoms with Crippen molar-refractivity contribution >= 4 is 27.5 Å². The largest absolute Gasteiger partial charge is 0.493 e. The second kappa shape index (κ2) is 8.08. The summed E-state index contributed by atoms with van der Waals surface area (Å²) in [5, 5.41) is 3.89. The van der Waals surface area contributed by atoms with Gasteiger partial charge in [0.25, 0.3) is 5.91 Å². The van der Waals surface area contributed by atoms with Gasteiger partial charge < -0.3 is 23.8 Å². The van der Waals surface area contributed by atoms with E-state index in [1.807, 2.05) is 24.3 Å². The summed E-state index contributed by atoms with van der Waals surface area (Å²) in [5.41, 5.74) is 1.87. The van der Waals surface area contributed by atoms with Gasteiger partial charge in [-0.1, -0.05) is 12.8 Å². The van der Waals surface area contributed by atoms with Crippen LogP contribution in [0.5, 0.6) is 23.0 Å². The highest BCUT2D eigenvalue weighted by Gasteiger charge is 2.36. The lowest BCUT2D eigenvalue weighted by atomic mass is 9.83. The van der Waals surface area contributed by atoms with Gasteiger partial charge in [0.1, 0.15) is 0 Å². The number of hydrogen-bond acceptors (Lipinski definition) is 5. The van der Waals surface area contributed by atoms with Crippen LogP contribution in [0.3, 0.4) is 0 Å². The molecule has 0 spiro atoms. The molecule has 0 saturated carbocycles. The first-order valence-electron chi connectivity index (χ1n) is 11.2. The summed E-state index contributed by atoms with van der Waals surface area (Å²) < 4.78 is 22.4. The zero-order valence-electron chi connectivity index (χ0n) is 19.1. The molecule has 2 aliphatic heterocycles. The van der Waals surface area contributed by atoms with Crippen molar-refractivity contribution in [2.45, 2.75) is 38.1 Å². The van der Waals surface area contributed by atoms with Crippen LogP contribution < -0.4 is 18.9 Å². The lowest BCUT2D eigenvalue weighted by molar-refractivity contribution is 0.0659. The van der Waals surface area contributed by atoms with Gasteiger partial charge in [-0.15, -0.1) is 0 Å². The van der Waals surface area contributed by atoms with E-state index in [-0.39, 0.29) is 11.9 Å². The molecule has 0 radical (unpaired) electrons. The molecule has 168 valence electrons. The third-order valence-corrected chi connectivity index (χ3v) is 7.03. The molecule has 1 fully saturated rings. The smallest absolute Gasteiger partial charge is 0.255 e. The van der Waals surface area contributed by atoms with Crippen LogP contribution in [-0.2, 0) is 6.42 Å². The maximum atomic E-state index is 13.9. The van der Waals surface area contributed by atoms with Crippen molar-refractivity contribution in [1.82, 2.24) is 4.90 Å². The van der Waals surface area contributed by atoms with E-state index in [0.29, 0.717) is 23.0 Å². The van der Waals surface area contributed by atoms with Crippen molar-refractivity contribution < 1.29 is 23.7 Å². The van der Waals surface area contributed by atoms with Gasteiger partial charge in [-0.3, -0.25) is 4.79 Å². The summed E-state index contributed by atoms with van der Waals surface area (Å²) in [6.45, 7) is 0.821. The third kappa shape index (κ3) is 3.04. The van der Waals surface area contributed by atoms with Crippen LogP contribution in [0.25, 0.3) is 21.5 Å². The molecule has 0 aliphatic carbocycles. The molecule has 2 aliphatic rings. The molecule has 6 nitrogen and oxygen atoms in total. The Morgan fingerprint density at radius 3 is 1.84 bits per heavy atom. The Morgan fingerprint density at radius 2 is 1.25 bits per heavy atom. The molecule has 0 bridgehead atoms. The van der Waals surface area contributed by atoms with Crippen LogP contribution in [0.4, 0.5) is 0 Å². The molecule has 1 saturated heterocycles. The van der Waals surface area contributed by atoms with Crippen molar-refractivity contribution in [2.75, 3.05) is 35.0 Å². The molecule has 1 atom stereocenters. The van der Waals surface area contributed by atoms with Crippen LogP contribution in [-0.4, -0.2) is 51.8 Å². The number of amides is 1. The fraction of sp³-hybridized carbons (Fsp3) is 0.423. The SMILES string of the molecule is COc1cc2c3c(c4cc(OC)c(OC)cc4c2cc1OC)C(=O)N1CCCCCC1C3. The van der Waals surface area contributed by atoms with E-state index in [1.165, 1.54) is 6.42 Å². The Kier molecular flexibility index (Phi) is 5.24. The average molecular weight is 436 g/mol. The minimum Gasteiger partial charge on any atom is -0.493 e. The molecule has 3 aromatic carbocycles.